The predicted octanol–water partition coefficient (Wildman–Crippen LogP) is 1.04. The van der Waals surface area contributed by atoms with E-state index in [2.05, 4.69) is 11.9 Å². The Morgan fingerprint density at radius 3 is 2.46 bits per heavy atom. The number of aliphatic hydroxyl groups excluding tert-OH is 1. The van der Waals surface area contributed by atoms with Crippen LogP contribution in [0, 0.1) is 11.3 Å². The minimum Gasteiger partial charge on any atom is -0.392 e. The number of piperidine rings is 1. The second kappa shape index (κ2) is 3.14. The first-order valence-electron chi connectivity index (χ1n) is 4.49. The van der Waals surface area contributed by atoms with Gasteiger partial charge in [-0.25, -0.2) is 0 Å². The fourth-order valence-corrected chi connectivity index (χ4v) is 1.95. The van der Waals surface area contributed by atoms with Gasteiger partial charge in [0.15, 0.2) is 0 Å². The first-order chi connectivity index (χ1) is 5.82. The second-order valence-electron chi connectivity index (χ2n) is 4.69. The lowest BCUT2D eigenvalue weighted by Crippen LogP contribution is -2.46. The zero-order chi connectivity index (χ0) is 10.2. The molecular formula is C10H17NO2. The summed E-state index contributed by atoms with van der Waals surface area (Å²) in [5.41, 5.74) is 0.570. The third-order valence-electron chi connectivity index (χ3n) is 2.39. The van der Waals surface area contributed by atoms with Crippen LogP contribution in [0.5, 0.6) is 0 Å². The Morgan fingerprint density at radius 2 is 2.08 bits per heavy atom. The molecule has 1 aliphatic heterocycles. The SMILES string of the molecule is C=C1NC(=O)CC(O)C1C(C)(C)C. The molecule has 0 aromatic heterocycles. The maximum atomic E-state index is 11.0. The summed E-state index contributed by atoms with van der Waals surface area (Å²) in [7, 11) is 0. The van der Waals surface area contributed by atoms with Gasteiger partial charge in [-0.1, -0.05) is 27.4 Å². The Labute approximate surface area is 78.8 Å². The van der Waals surface area contributed by atoms with E-state index in [-0.39, 0.29) is 23.7 Å². The van der Waals surface area contributed by atoms with Gasteiger partial charge >= 0.3 is 0 Å². The van der Waals surface area contributed by atoms with E-state index in [1.54, 1.807) is 0 Å². The Morgan fingerprint density at radius 1 is 1.54 bits per heavy atom. The van der Waals surface area contributed by atoms with Gasteiger partial charge in [0.05, 0.1) is 12.5 Å². The van der Waals surface area contributed by atoms with Crippen molar-refractivity contribution in [1.29, 1.82) is 0 Å². The van der Waals surface area contributed by atoms with Crippen LogP contribution in [0.25, 0.3) is 0 Å². The summed E-state index contributed by atoms with van der Waals surface area (Å²) < 4.78 is 0. The lowest BCUT2D eigenvalue weighted by Gasteiger charge is -2.38. The van der Waals surface area contributed by atoms with Gasteiger partial charge in [0.1, 0.15) is 0 Å². The van der Waals surface area contributed by atoms with Gasteiger partial charge < -0.3 is 10.4 Å². The maximum Gasteiger partial charge on any atom is 0.226 e. The average molecular weight is 183 g/mol. The van der Waals surface area contributed by atoms with Gasteiger partial charge in [-0.15, -0.1) is 0 Å². The molecule has 0 bridgehead atoms. The number of hydrogen-bond donors (Lipinski definition) is 2. The van der Waals surface area contributed by atoms with Gasteiger partial charge in [0.2, 0.25) is 5.91 Å². The van der Waals surface area contributed by atoms with Crippen molar-refractivity contribution in [2.45, 2.75) is 33.3 Å². The highest BCUT2D eigenvalue weighted by atomic mass is 16.3. The van der Waals surface area contributed by atoms with Gasteiger partial charge in [0, 0.05) is 11.6 Å². The van der Waals surface area contributed by atoms with Crippen LogP contribution in [0.3, 0.4) is 0 Å². The van der Waals surface area contributed by atoms with Crippen LogP contribution in [0.4, 0.5) is 0 Å². The molecule has 74 valence electrons. The summed E-state index contributed by atoms with van der Waals surface area (Å²) in [5.74, 6) is -0.191. The quantitative estimate of drug-likeness (QED) is 0.589. The smallest absolute Gasteiger partial charge is 0.226 e. The molecule has 2 N–H and O–H groups in total. The normalized spacial score (nSPS) is 30.2. The van der Waals surface area contributed by atoms with Crippen molar-refractivity contribution in [3.8, 4) is 0 Å². The molecule has 1 rings (SSSR count). The van der Waals surface area contributed by atoms with Crippen LogP contribution in [-0.2, 0) is 4.79 Å². The number of aliphatic hydroxyl groups is 1. The van der Waals surface area contributed by atoms with Crippen LogP contribution < -0.4 is 5.32 Å². The zero-order valence-electron chi connectivity index (χ0n) is 8.42. The molecule has 1 fully saturated rings. The molecule has 1 heterocycles. The van der Waals surface area contributed by atoms with E-state index in [9.17, 15) is 9.90 Å². The molecule has 0 saturated carbocycles. The van der Waals surface area contributed by atoms with Crippen molar-refractivity contribution in [2.24, 2.45) is 11.3 Å². The van der Waals surface area contributed by atoms with Gasteiger partial charge in [-0.2, -0.15) is 0 Å². The lowest BCUT2D eigenvalue weighted by molar-refractivity contribution is -0.126. The summed E-state index contributed by atoms with van der Waals surface area (Å²) in [6, 6.07) is 0. The van der Waals surface area contributed by atoms with E-state index < -0.39 is 6.10 Å². The van der Waals surface area contributed by atoms with E-state index in [4.69, 9.17) is 0 Å². The van der Waals surface area contributed by atoms with Crippen molar-refractivity contribution in [3.63, 3.8) is 0 Å². The Balaban J connectivity index is 2.85. The van der Waals surface area contributed by atoms with E-state index >= 15 is 0 Å². The van der Waals surface area contributed by atoms with Crippen molar-refractivity contribution in [2.75, 3.05) is 0 Å². The fourth-order valence-electron chi connectivity index (χ4n) is 1.95. The van der Waals surface area contributed by atoms with Crippen LogP contribution in [-0.4, -0.2) is 17.1 Å². The molecule has 0 spiro atoms. The van der Waals surface area contributed by atoms with E-state index in [0.29, 0.717) is 5.70 Å². The third kappa shape index (κ3) is 2.10. The summed E-state index contributed by atoms with van der Waals surface area (Å²) in [6.07, 6.45) is -0.415. The van der Waals surface area contributed by atoms with Crippen LogP contribution in [0.1, 0.15) is 27.2 Å². The first-order valence-corrected chi connectivity index (χ1v) is 4.49. The Bertz CT molecular complexity index is 240. The molecule has 0 aliphatic carbocycles. The number of carbonyl (C=O) groups is 1. The standard InChI is InChI=1S/C10H17NO2/c1-6-9(10(2,3)4)7(12)5-8(13)11-6/h7,9,12H,1,5H2,2-4H3,(H,11,13). The summed E-state index contributed by atoms with van der Waals surface area (Å²) in [5, 5.41) is 12.4. The summed E-state index contributed by atoms with van der Waals surface area (Å²) in [4.78, 5) is 11.0. The van der Waals surface area contributed by atoms with Gasteiger partial charge in [-0.3, -0.25) is 4.79 Å². The van der Waals surface area contributed by atoms with Gasteiger partial charge in [-0.05, 0) is 5.41 Å². The summed E-state index contributed by atoms with van der Waals surface area (Å²) >= 11 is 0. The van der Waals surface area contributed by atoms with Crippen LogP contribution >= 0.6 is 0 Å². The molecular weight excluding hydrogens is 166 g/mol. The Hall–Kier alpha value is -0.830. The second-order valence-corrected chi connectivity index (χ2v) is 4.69. The number of nitrogens with one attached hydrogen (secondary N) is 1. The van der Waals surface area contributed by atoms with E-state index in [1.807, 2.05) is 20.8 Å². The number of carbonyl (C=O) groups excluding carboxylic acids is 1. The number of amides is 1. The van der Waals surface area contributed by atoms with Crippen molar-refractivity contribution < 1.29 is 9.90 Å². The lowest BCUT2D eigenvalue weighted by atomic mass is 9.73. The molecule has 2 unspecified atom stereocenters. The molecule has 2 atom stereocenters. The number of rotatable bonds is 0. The molecule has 1 aliphatic rings. The van der Waals surface area contributed by atoms with Crippen molar-refractivity contribution in [1.82, 2.24) is 5.32 Å². The molecule has 0 aromatic carbocycles. The number of hydrogen-bond acceptors (Lipinski definition) is 2. The summed E-state index contributed by atoms with van der Waals surface area (Å²) in [6.45, 7) is 9.86. The highest BCUT2D eigenvalue weighted by Crippen LogP contribution is 2.36. The minimum atomic E-state index is -0.596. The molecule has 13 heavy (non-hydrogen) atoms. The van der Waals surface area contributed by atoms with Crippen molar-refractivity contribution in [3.05, 3.63) is 12.3 Å². The highest BCUT2D eigenvalue weighted by molar-refractivity contribution is 5.79. The molecule has 1 saturated heterocycles. The monoisotopic (exact) mass is 183 g/mol. The van der Waals surface area contributed by atoms with E-state index in [0.717, 1.165) is 0 Å². The molecule has 3 nitrogen and oxygen atoms in total. The van der Waals surface area contributed by atoms with Crippen LogP contribution in [0.15, 0.2) is 12.3 Å². The predicted molar refractivity (Wildman–Crippen MR) is 50.9 cm³/mol. The topological polar surface area (TPSA) is 49.3 Å². The van der Waals surface area contributed by atoms with Crippen LogP contribution in [0.2, 0.25) is 0 Å². The Kier molecular flexibility index (Phi) is 2.48. The van der Waals surface area contributed by atoms with E-state index in [1.165, 1.54) is 0 Å². The third-order valence-corrected chi connectivity index (χ3v) is 2.39. The largest absolute Gasteiger partial charge is 0.392 e. The highest BCUT2D eigenvalue weighted by Gasteiger charge is 2.38. The van der Waals surface area contributed by atoms with Gasteiger partial charge in [0.25, 0.3) is 0 Å². The molecule has 3 heteroatoms. The minimum absolute atomic E-state index is 0.0507. The molecule has 0 aromatic rings. The fraction of sp³-hybridized carbons (Fsp3) is 0.700. The maximum absolute atomic E-state index is 11.0. The average Bonchev–Trinajstić information content (AvgIpc) is 1.78. The first kappa shape index (κ1) is 10.3. The zero-order valence-corrected chi connectivity index (χ0v) is 8.42. The molecule has 1 amide bonds. The van der Waals surface area contributed by atoms with Crippen molar-refractivity contribution >= 4 is 5.91 Å². The molecule has 0 radical (unpaired) electrons.